The number of aliphatic hydroxyl groups excluding tert-OH is 1. The Morgan fingerprint density at radius 3 is 2.90 bits per heavy atom. The summed E-state index contributed by atoms with van der Waals surface area (Å²) >= 11 is 3.47. The topological polar surface area (TPSA) is 51.8 Å². The van der Waals surface area contributed by atoms with E-state index in [2.05, 4.69) is 15.9 Å². The van der Waals surface area contributed by atoms with Gasteiger partial charge in [-0.05, 0) is 45.8 Å². The van der Waals surface area contributed by atoms with Crippen LogP contribution in [0.2, 0.25) is 0 Å². The van der Waals surface area contributed by atoms with E-state index >= 15 is 0 Å². The maximum atomic E-state index is 10.3. The Morgan fingerprint density at radius 2 is 2.10 bits per heavy atom. The number of hydrogen-bond acceptors (Lipinski definition) is 4. The second kappa shape index (κ2) is 5.89. The molecular weight excluding hydrogens is 324 g/mol. The fourth-order valence-corrected chi connectivity index (χ4v) is 2.75. The number of aliphatic hydroxyl groups is 1. The Morgan fingerprint density at radius 1 is 1.25 bits per heavy atom. The average molecular weight is 339 g/mol. The maximum absolute atomic E-state index is 10.3. The van der Waals surface area contributed by atoms with Crippen LogP contribution in [0.4, 0.5) is 0 Å². The van der Waals surface area contributed by atoms with Gasteiger partial charge in [-0.2, -0.15) is 0 Å². The molecular formula is C15H15BrO4. The molecule has 1 aliphatic heterocycles. The van der Waals surface area contributed by atoms with Crippen molar-refractivity contribution in [2.75, 3.05) is 13.2 Å². The predicted molar refractivity (Wildman–Crippen MR) is 77.1 cm³/mol. The Labute approximate surface area is 125 Å². The zero-order valence-corrected chi connectivity index (χ0v) is 12.4. The molecule has 0 spiro atoms. The highest BCUT2D eigenvalue weighted by atomic mass is 79.9. The van der Waals surface area contributed by atoms with Gasteiger partial charge in [-0.25, -0.2) is 0 Å². The van der Waals surface area contributed by atoms with Gasteiger partial charge in [-0.1, -0.05) is 0 Å². The van der Waals surface area contributed by atoms with Gasteiger partial charge in [0.2, 0.25) is 0 Å². The third-order valence-electron chi connectivity index (χ3n) is 3.18. The summed E-state index contributed by atoms with van der Waals surface area (Å²) in [6, 6.07) is 7.35. The van der Waals surface area contributed by atoms with Crippen LogP contribution in [0.3, 0.4) is 0 Å². The zero-order valence-electron chi connectivity index (χ0n) is 10.8. The normalized spacial score (nSPS) is 15.7. The molecule has 20 heavy (non-hydrogen) atoms. The van der Waals surface area contributed by atoms with Crippen molar-refractivity contribution in [2.24, 2.45) is 0 Å². The van der Waals surface area contributed by atoms with Crippen LogP contribution in [0.1, 0.15) is 23.8 Å². The predicted octanol–water partition coefficient (Wildman–Crippen LogP) is 3.48. The molecule has 2 heterocycles. The van der Waals surface area contributed by atoms with E-state index in [1.807, 2.05) is 24.3 Å². The zero-order chi connectivity index (χ0) is 13.9. The van der Waals surface area contributed by atoms with Crippen LogP contribution in [-0.4, -0.2) is 18.3 Å². The fourth-order valence-electron chi connectivity index (χ4n) is 2.18. The first-order valence-electron chi connectivity index (χ1n) is 6.53. The van der Waals surface area contributed by atoms with E-state index in [0.29, 0.717) is 31.1 Å². The third-order valence-corrected chi connectivity index (χ3v) is 3.77. The first-order valence-corrected chi connectivity index (χ1v) is 7.33. The van der Waals surface area contributed by atoms with Crippen molar-refractivity contribution in [3.8, 4) is 11.5 Å². The molecule has 0 aliphatic carbocycles. The second-order valence-corrected chi connectivity index (χ2v) is 5.53. The summed E-state index contributed by atoms with van der Waals surface area (Å²) in [7, 11) is 0. The average Bonchev–Trinajstić information content (AvgIpc) is 2.81. The van der Waals surface area contributed by atoms with Gasteiger partial charge in [0.25, 0.3) is 0 Å². The van der Waals surface area contributed by atoms with Gasteiger partial charge in [0, 0.05) is 12.8 Å². The molecule has 1 aliphatic rings. The number of ether oxygens (including phenoxy) is 2. The third kappa shape index (κ3) is 2.83. The first kappa shape index (κ1) is 13.5. The van der Waals surface area contributed by atoms with Gasteiger partial charge < -0.3 is 19.0 Å². The fraction of sp³-hybridized carbons (Fsp3) is 0.333. The number of fused-ring (bicyclic) bond motifs is 1. The molecule has 1 aromatic heterocycles. The van der Waals surface area contributed by atoms with Gasteiger partial charge in [-0.15, -0.1) is 0 Å². The van der Waals surface area contributed by atoms with E-state index in [4.69, 9.17) is 13.9 Å². The smallest absolute Gasteiger partial charge is 0.175 e. The van der Waals surface area contributed by atoms with Crippen molar-refractivity contribution in [1.29, 1.82) is 0 Å². The van der Waals surface area contributed by atoms with Crippen LogP contribution in [-0.2, 0) is 6.42 Å². The molecule has 1 unspecified atom stereocenters. The van der Waals surface area contributed by atoms with Crippen molar-refractivity contribution in [2.45, 2.75) is 18.9 Å². The standard InChI is InChI=1S/C15H15BrO4/c16-12-7-10(13(17)9-11-3-1-4-18-11)8-14-15(12)20-6-2-5-19-14/h1,3-4,7-8,13,17H,2,5-6,9H2. The monoisotopic (exact) mass is 338 g/mol. The molecule has 0 radical (unpaired) electrons. The van der Waals surface area contributed by atoms with Crippen LogP contribution in [0.15, 0.2) is 39.4 Å². The molecule has 0 saturated heterocycles. The molecule has 3 rings (SSSR count). The molecule has 0 fully saturated rings. The number of furan rings is 1. The molecule has 1 atom stereocenters. The summed E-state index contributed by atoms with van der Waals surface area (Å²) in [5.74, 6) is 2.13. The van der Waals surface area contributed by atoms with Gasteiger partial charge in [-0.3, -0.25) is 0 Å². The number of rotatable bonds is 3. The maximum Gasteiger partial charge on any atom is 0.175 e. The largest absolute Gasteiger partial charge is 0.490 e. The van der Waals surface area contributed by atoms with Crippen molar-refractivity contribution in [3.05, 3.63) is 46.3 Å². The van der Waals surface area contributed by atoms with E-state index in [1.165, 1.54) is 0 Å². The summed E-state index contributed by atoms with van der Waals surface area (Å²) in [4.78, 5) is 0. The highest BCUT2D eigenvalue weighted by molar-refractivity contribution is 9.10. The Balaban J connectivity index is 1.86. The van der Waals surface area contributed by atoms with Gasteiger partial charge >= 0.3 is 0 Å². The first-order chi connectivity index (χ1) is 9.74. The van der Waals surface area contributed by atoms with E-state index < -0.39 is 6.10 Å². The molecule has 5 heteroatoms. The molecule has 4 nitrogen and oxygen atoms in total. The van der Waals surface area contributed by atoms with Crippen LogP contribution >= 0.6 is 15.9 Å². The van der Waals surface area contributed by atoms with Crippen LogP contribution < -0.4 is 9.47 Å². The van der Waals surface area contributed by atoms with Crippen LogP contribution in [0.25, 0.3) is 0 Å². The molecule has 0 bridgehead atoms. The summed E-state index contributed by atoms with van der Waals surface area (Å²) in [6.45, 7) is 1.26. The summed E-state index contributed by atoms with van der Waals surface area (Å²) in [6.07, 6.45) is 2.24. The molecule has 1 N–H and O–H groups in total. The van der Waals surface area contributed by atoms with Crippen molar-refractivity contribution < 1.29 is 19.0 Å². The highest BCUT2D eigenvalue weighted by Gasteiger charge is 2.19. The highest BCUT2D eigenvalue weighted by Crippen LogP contribution is 2.39. The molecule has 106 valence electrons. The second-order valence-electron chi connectivity index (χ2n) is 4.68. The lowest BCUT2D eigenvalue weighted by molar-refractivity contribution is 0.170. The summed E-state index contributed by atoms with van der Waals surface area (Å²) in [5.41, 5.74) is 0.775. The summed E-state index contributed by atoms with van der Waals surface area (Å²) in [5, 5.41) is 10.3. The van der Waals surface area contributed by atoms with Crippen LogP contribution in [0.5, 0.6) is 11.5 Å². The minimum atomic E-state index is -0.644. The Bertz CT molecular complexity index is 580. The Hall–Kier alpha value is -1.46. The quantitative estimate of drug-likeness (QED) is 0.930. The van der Waals surface area contributed by atoms with Gasteiger partial charge in [0.05, 0.1) is 30.1 Å². The molecule has 2 aromatic rings. The SMILES string of the molecule is OC(Cc1ccco1)c1cc(Br)c2c(c1)OCCCO2. The van der Waals surface area contributed by atoms with Gasteiger partial charge in [0.15, 0.2) is 11.5 Å². The Kier molecular flexibility index (Phi) is 3.98. The van der Waals surface area contributed by atoms with E-state index in [9.17, 15) is 5.11 Å². The van der Waals surface area contributed by atoms with E-state index in [0.717, 1.165) is 22.2 Å². The molecule has 0 amide bonds. The lowest BCUT2D eigenvalue weighted by Gasteiger charge is -2.15. The number of hydrogen-bond donors (Lipinski definition) is 1. The van der Waals surface area contributed by atoms with Crippen molar-refractivity contribution in [3.63, 3.8) is 0 Å². The lowest BCUT2D eigenvalue weighted by atomic mass is 10.0. The number of halogens is 1. The minimum Gasteiger partial charge on any atom is -0.490 e. The molecule has 1 aromatic carbocycles. The van der Waals surface area contributed by atoms with Crippen molar-refractivity contribution in [1.82, 2.24) is 0 Å². The number of benzene rings is 1. The lowest BCUT2D eigenvalue weighted by Crippen LogP contribution is -2.03. The minimum absolute atomic E-state index is 0.430. The van der Waals surface area contributed by atoms with Crippen LogP contribution in [0, 0.1) is 0 Å². The van der Waals surface area contributed by atoms with Gasteiger partial charge in [0.1, 0.15) is 5.76 Å². The van der Waals surface area contributed by atoms with E-state index in [-0.39, 0.29) is 0 Å². The van der Waals surface area contributed by atoms with Crippen molar-refractivity contribution >= 4 is 15.9 Å². The van der Waals surface area contributed by atoms with E-state index in [1.54, 1.807) is 6.26 Å². The summed E-state index contributed by atoms with van der Waals surface area (Å²) < 4.78 is 17.4. The molecule has 0 saturated carbocycles.